The highest BCUT2D eigenvalue weighted by Gasteiger charge is 2.32. The molecule has 1 unspecified atom stereocenters. The summed E-state index contributed by atoms with van der Waals surface area (Å²) in [7, 11) is 0. The Balaban J connectivity index is 1.81. The van der Waals surface area contributed by atoms with Crippen LogP contribution in [0.3, 0.4) is 0 Å². The zero-order valence-electron chi connectivity index (χ0n) is 12.0. The molecule has 0 aromatic heterocycles. The van der Waals surface area contributed by atoms with Gasteiger partial charge < -0.3 is 10.6 Å². The second kappa shape index (κ2) is 6.10. The summed E-state index contributed by atoms with van der Waals surface area (Å²) in [6, 6.07) is 19.4. The highest BCUT2D eigenvalue weighted by Crippen LogP contribution is 2.33. The van der Waals surface area contributed by atoms with E-state index in [1.54, 1.807) is 0 Å². The number of benzene rings is 2. The third kappa shape index (κ3) is 2.83. The Morgan fingerprint density at radius 1 is 1.05 bits per heavy atom. The second-order valence-electron chi connectivity index (χ2n) is 5.49. The monoisotopic (exact) mass is 280 g/mol. The van der Waals surface area contributed by atoms with Crippen LogP contribution in [-0.4, -0.2) is 17.4 Å². The van der Waals surface area contributed by atoms with Crippen LogP contribution in [0.25, 0.3) is 0 Å². The van der Waals surface area contributed by atoms with Gasteiger partial charge in [0.1, 0.15) is 6.04 Å². The molecule has 3 rings (SSSR count). The smallest absolute Gasteiger partial charge is 0.244 e. The molecule has 1 aliphatic heterocycles. The van der Waals surface area contributed by atoms with E-state index in [2.05, 4.69) is 12.1 Å². The number of hydrogen-bond donors (Lipinski definition) is 1. The maximum absolute atomic E-state index is 12.7. The Labute approximate surface area is 125 Å². The van der Waals surface area contributed by atoms with Crippen LogP contribution >= 0.6 is 0 Å². The van der Waals surface area contributed by atoms with Gasteiger partial charge in [-0.05, 0) is 24.0 Å². The van der Waals surface area contributed by atoms with E-state index >= 15 is 0 Å². The van der Waals surface area contributed by atoms with Crippen molar-refractivity contribution >= 4 is 5.91 Å². The fourth-order valence-electron chi connectivity index (χ4n) is 3.03. The molecule has 108 valence electrons. The predicted octanol–water partition coefficient (Wildman–Crippen LogP) is 3.05. The van der Waals surface area contributed by atoms with Gasteiger partial charge in [0.15, 0.2) is 0 Å². The van der Waals surface area contributed by atoms with Crippen molar-refractivity contribution in [2.45, 2.75) is 24.9 Å². The maximum Gasteiger partial charge on any atom is 0.244 e. The van der Waals surface area contributed by atoms with E-state index in [-0.39, 0.29) is 11.9 Å². The van der Waals surface area contributed by atoms with Gasteiger partial charge in [-0.3, -0.25) is 4.79 Å². The number of carbonyl (C=O) groups is 1. The second-order valence-corrected chi connectivity index (χ2v) is 5.49. The fourth-order valence-corrected chi connectivity index (χ4v) is 3.03. The van der Waals surface area contributed by atoms with E-state index < -0.39 is 6.04 Å². The number of nitrogens with zero attached hydrogens (tertiary/aromatic N) is 1. The lowest BCUT2D eigenvalue weighted by Gasteiger charge is -2.28. The van der Waals surface area contributed by atoms with Crippen LogP contribution in [0, 0.1) is 0 Å². The molecule has 2 aromatic rings. The Hall–Kier alpha value is -2.13. The zero-order valence-corrected chi connectivity index (χ0v) is 12.0. The van der Waals surface area contributed by atoms with Crippen molar-refractivity contribution in [2.75, 3.05) is 6.54 Å². The van der Waals surface area contributed by atoms with E-state index in [4.69, 9.17) is 5.73 Å². The van der Waals surface area contributed by atoms with Gasteiger partial charge in [0.25, 0.3) is 0 Å². The lowest BCUT2D eigenvalue weighted by Crippen LogP contribution is -2.38. The molecule has 1 saturated heterocycles. The van der Waals surface area contributed by atoms with Crippen LogP contribution in [0.2, 0.25) is 0 Å². The van der Waals surface area contributed by atoms with Gasteiger partial charge in [-0.2, -0.15) is 0 Å². The molecule has 1 fully saturated rings. The lowest BCUT2D eigenvalue weighted by molar-refractivity contribution is -0.133. The summed E-state index contributed by atoms with van der Waals surface area (Å²) in [4.78, 5) is 14.7. The van der Waals surface area contributed by atoms with Crippen molar-refractivity contribution in [3.63, 3.8) is 0 Å². The normalized spacial score (nSPS) is 19.5. The summed E-state index contributed by atoms with van der Waals surface area (Å²) in [5, 5.41) is 0. The molecule has 21 heavy (non-hydrogen) atoms. The van der Waals surface area contributed by atoms with Crippen LogP contribution in [0.15, 0.2) is 60.7 Å². The Kier molecular flexibility index (Phi) is 4.02. The van der Waals surface area contributed by atoms with Gasteiger partial charge >= 0.3 is 0 Å². The molecule has 0 aliphatic carbocycles. The molecule has 1 amide bonds. The van der Waals surface area contributed by atoms with Crippen molar-refractivity contribution in [1.82, 2.24) is 4.90 Å². The first-order valence-corrected chi connectivity index (χ1v) is 7.43. The first kappa shape index (κ1) is 13.8. The number of likely N-dealkylation sites (tertiary alicyclic amines) is 1. The molecule has 2 atom stereocenters. The summed E-state index contributed by atoms with van der Waals surface area (Å²) in [5.74, 6) is 0.0209. The molecule has 1 heterocycles. The summed E-state index contributed by atoms with van der Waals surface area (Å²) in [6.07, 6.45) is 2.05. The number of carbonyl (C=O) groups excluding carboxylic acids is 1. The van der Waals surface area contributed by atoms with Crippen LogP contribution in [0.5, 0.6) is 0 Å². The highest BCUT2D eigenvalue weighted by atomic mass is 16.2. The number of rotatable bonds is 3. The molecule has 0 saturated carbocycles. The van der Waals surface area contributed by atoms with Crippen molar-refractivity contribution < 1.29 is 4.79 Å². The zero-order chi connectivity index (χ0) is 14.7. The summed E-state index contributed by atoms with van der Waals surface area (Å²) in [5.41, 5.74) is 8.24. The molecule has 1 aliphatic rings. The standard InChI is InChI=1S/C18H20N2O/c19-17(15-10-5-2-6-11-15)18(21)20-13-7-12-16(20)14-8-3-1-4-9-14/h1-6,8-11,16-17H,7,12-13,19H2/t16?,17-/m1/s1. The number of nitrogens with two attached hydrogens (primary N) is 1. The molecule has 0 bridgehead atoms. The SMILES string of the molecule is N[C@@H](C(=O)N1CCCC1c1ccccc1)c1ccccc1. The maximum atomic E-state index is 12.7. The number of hydrogen-bond acceptors (Lipinski definition) is 2. The molecular formula is C18H20N2O. The van der Waals surface area contributed by atoms with Gasteiger partial charge in [-0.1, -0.05) is 60.7 Å². The van der Waals surface area contributed by atoms with E-state index in [1.165, 1.54) is 5.56 Å². The van der Waals surface area contributed by atoms with Crippen molar-refractivity contribution in [1.29, 1.82) is 0 Å². The van der Waals surface area contributed by atoms with Crippen LogP contribution in [-0.2, 0) is 4.79 Å². The minimum Gasteiger partial charge on any atom is -0.334 e. The van der Waals surface area contributed by atoms with E-state index in [0.717, 1.165) is 24.9 Å². The molecular weight excluding hydrogens is 260 g/mol. The van der Waals surface area contributed by atoms with Crippen molar-refractivity contribution in [3.05, 3.63) is 71.8 Å². The van der Waals surface area contributed by atoms with Crippen LogP contribution < -0.4 is 5.73 Å². The van der Waals surface area contributed by atoms with Gasteiger partial charge in [0.05, 0.1) is 6.04 Å². The van der Waals surface area contributed by atoms with Gasteiger partial charge in [0, 0.05) is 6.54 Å². The average molecular weight is 280 g/mol. The van der Waals surface area contributed by atoms with Gasteiger partial charge in [-0.15, -0.1) is 0 Å². The average Bonchev–Trinajstić information content (AvgIpc) is 3.04. The minimum absolute atomic E-state index is 0.0209. The minimum atomic E-state index is -0.574. The van der Waals surface area contributed by atoms with Gasteiger partial charge in [0.2, 0.25) is 5.91 Å². The van der Waals surface area contributed by atoms with E-state index in [1.807, 2.05) is 53.4 Å². The largest absolute Gasteiger partial charge is 0.334 e. The molecule has 2 N–H and O–H groups in total. The quantitative estimate of drug-likeness (QED) is 0.939. The third-order valence-corrected chi connectivity index (χ3v) is 4.14. The molecule has 2 aromatic carbocycles. The van der Waals surface area contributed by atoms with Crippen LogP contribution in [0.4, 0.5) is 0 Å². The summed E-state index contributed by atoms with van der Waals surface area (Å²) < 4.78 is 0. The molecule has 0 radical (unpaired) electrons. The summed E-state index contributed by atoms with van der Waals surface area (Å²) in [6.45, 7) is 0.791. The highest BCUT2D eigenvalue weighted by molar-refractivity contribution is 5.83. The Bertz CT molecular complexity index is 597. The van der Waals surface area contributed by atoms with Gasteiger partial charge in [-0.25, -0.2) is 0 Å². The topological polar surface area (TPSA) is 46.3 Å². The first-order valence-electron chi connectivity index (χ1n) is 7.43. The van der Waals surface area contributed by atoms with E-state index in [9.17, 15) is 4.79 Å². The first-order chi connectivity index (χ1) is 10.3. The fraction of sp³-hybridized carbons (Fsp3) is 0.278. The lowest BCUT2D eigenvalue weighted by atomic mass is 10.0. The number of amides is 1. The van der Waals surface area contributed by atoms with E-state index in [0.29, 0.717) is 0 Å². The van der Waals surface area contributed by atoms with Crippen molar-refractivity contribution in [3.8, 4) is 0 Å². The molecule has 3 heteroatoms. The molecule has 3 nitrogen and oxygen atoms in total. The van der Waals surface area contributed by atoms with Crippen LogP contribution in [0.1, 0.15) is 36.1 Å². The Morgan fingerprint density at radius 2 is 1.67 bits per heavy atom. The third-order valence-electron chi connectivity index (χ3n) is 4.14. The molecule has 0 spiro atoms. The summed E-state index contributed by atoms with van der Waals surface area (Å²) >= 11 is 0. The van der Waals surface area contributed by atoms with Crippen molar-refractivity contribution in [2.24, 2.45) is 5.73 Å². The predicted molar refractivity (Wildman–Crippen MR) is 83.5 cm³/mol. The Morgan fingerprint density at radius 3 is 2.33 bits per heavy atom.